The van der Waals surface area contributed by atoms with E-state index in [0.717, 1.165) is 19.3 Å². The molecule has 0 saturated heterocycles. The standard InChI is InChI=1S/C21H35FO/c1-5-8-9-10-11-12-13-20(21(6-2,7-3)23-4)18-14-16-19(22)17-15-18/h14-17,20H,5-13H2,1-4H3. The van der Waals surface area contributed by atoms with E-state index >= 15 is 0 Å². The van der Waals surface area contributed by atoms with Gasteiger partial charge in [-0.1, -0.05) is 71.4 Å². The molecule has 0 radical (unpaired) electrons. The van der Waals surface area contributed by atoms with Crippen molar-refractivity contribution in [3.8, 4) is 0 Å². The van der Waals surface area contributed by atoms with Gasteiger partial charge in [0.25, 0.3) is 0 Å². The second-order valence-electron chi connectivity index (χ2n) is 6.64. The van der Waals surface area contributed by atoms with Gasteiger partial charge in [0.05, 0.1) is 5.60 Å². The number of methoxy groups -OCH3 is 1. The van der Waals surface area contributed by atoms with Crippen molar-refractivity contribution in [3.05, 3.63) is 35.6 Å². The Kier molecular flexibility index (Phi) is 9.47. The number of unbranched alkanes of at least 4 members (excludes halogenated alkanes) is 5. The third kappa shape index (κ3) is 5.91. The average Bonchev–Trinajstić information content (AvgIpc) is 2.59. The lowest BCUT2D eigenvalue weighted by atomic mass is 9.75. The molecule has 132 valence electrons. The van der Waals surface area contributed by atoms with E-state index in [4.69, 9.17) is 4.74 Å². The van der Waals surface area contributed by atoms with Gasteiger partial charge in [0.15, 0.2) is 0 Å². The zero-order valence-electron chi connectivity index (χ0n) is 15.5. The van der Waals surface area contributed by atoms with Crippen molar-refractivity contribution >= 4 is 0 Å². The minimum Gasteiger partial charge on any atom is -0.378 e. The van der Waals surface area contributed by atoms with Gasteiger partial charge in [-0.15, -0.1) is 0 Å². The molecule has 0 aromatic heterocycles. The van der Waals surface area contributed by atoms with Crippen molar-refractivity contribution in [2.45, 2.75) is 90.1 Å². The van der Waals surface area contributed by atoms with Crippen molar-refractivity contribution in [2.75, 3.05) is 7.11 Å². The predicted octanol–water partition coefficient (Wildman–Crippen LogP) is 6.87. The molecule has 0 N–H and O–H groups in total. The highest BCUT2D eigenvalue weighted by atomic mass is 19.1. The first kappa shape index (κ1) is 20.2. The second-order valence-corrected chi connectivity index (χ2v) is 6.64. The number of rotatable bonds is 12. The highest BCUT2D eigenvalue weighted by molar-refractivity contribution is 5.24. The average molecular weight is 323 g/mol. The molecule has 1 atom stereocenters. The van der Waals surface area contributed by atoms with E-state index in [0.29, 0.717) is 5.92 Å². The zero-order valence-corrected chi connectivity index (χ0v) is 15.5. The molecule has 0 aliphatic rings. The Morgan fingerprint density at radius 3 is 2.00 bits per heavy atom. The summed E-state index contributed by atoms with van der Waals surface area (Å²) in [6.07, 6.45) is 10.9. The summed E-state index contributed by atoms with van der Waals surface area (Å²) in [5.41, 5.74) is 1.08. The summed E-state index contributed by atoms with van der Waals surface area (Å²) in [4.78, 5) is 0. The molecule has 0 spiro atoms. The van der Waals surface area contributed by atoms with Crippen molar-refractivity contribution in [1.82, 2.24) is 0 Å². The van der Waals surface area contributed by atoms with E-state index in [1.807, 2.05) is 19.2 Å². The Hall–Kier alpha value is -0.890. The van der Waals surface area contributed by atoms with Crippen LogP contribution in [-0.2, 0) is 4.74 Å². The molecule has 1 aromatic rings. The molecule has 1 unspecified atom stereocenters. The van der Waals surface area contributed by atoms with Gasteiger partial charge in [-0.05, 0) is 37.0 Å². The van der Waals surface area contributed by atoms with Crippen molar-refractivity contribution in [2.24, 2.45) is 0 Å². The molecule has 1 aromatic carbocycles. The third-order valence-corrected chi connectivity index (χ3v) is 5.36. The minimum atomic E-state index is -0.164. The van der Waals surface area contributed by atoms with Crippen molar-refractivity contribution in [3.63, 3.8) is 0 Å². The van der Waals surface area contributed by atoms with Gasteiger partial charge in [-0.25, -0.2) is 4.39 Å². The smallest absolute Gasteiger partial charge is 0.123 e. The van der Waals surface area contributed by atoms with E-state index in [9.17, 15) is 4.39 Å². The minimum absolute atomic E-state index is 0.138. The summed E-state index contributed by atoms with van der Waals surface area (Å²) < 4.78 is 19.3. The van der Waals surface area contributed by atoms with Crippen LogP contribution in [0.25, 0.3) is 0 Å². The normalized spacial score (nSPS) is 13.3. The Morgan fingerprint density at radius 2 is 1.48 bits per heavy atom. The van der Waals surface area contributed by atoms with Gasteiger partial charge >= 0.3 is 0 Å². The third-order valence-electron chi connectivity index (χ3n) is 5.36. The fraction of sp³-hybridized carbons (Fsp3) is 0.714. The Bertz CT molecular complexity index is 400. The van der Waals surface area contributed by atoms with Crippen LogP contribution in [0.4, 0.5) is 4.39 Å². The van der Waals surface area contributed by atoms with Gasteiger partial charge in [0.2, 0.25) is 0 Å². The first-order valence-corrected chi connectivity index (χ1v) is 9.44. The van der Waals surface area contributed by atoms with Gasteiger partial charge in [0.1, 0.15) is 5.82 Å². The van der Waals surface area contributed by atoms with Crippen molar-refractivity contribution in [1.29, 1.82) is 0 Å². The van der Waals surface area contributed by atoms with E-state index < -0.39 is 0 Å². The molecule has 0 amide bonds. The van der Waals surface area contributed by atoms with E-state index in [1.165, 1.54) is 44.1 Å². The molecule has 0 saturated carbocycles. The summed E-state index contributed by atoms with van der Waals surface area (Å²) in [5.74, 6) is 0.178. The van der Waals surface area contributed by atoms with Gasteiger partial charge < -0.3 is 4.74 Å². The molecule has 1 rings (SSSR count). The summed E-state index contributed by atoms with van der Waals surface area (Å²) >= 11 is 0. The van der Waals surface area contributed by atoms with E-state index in [1.54, 1.807) is 12.1 Å². The zero-order chi connectivity index (χ0) is 17.1. The number of halogens is 1. The molecule has 0 aliphatic carbocycles. The van der Waals surface area contributed by atoms with Crippen LogP contribution < -0.4 is 0 Å². The maximum Gasteiger partial charge on any atom is 0.123 e. The lowest BCUT2D eigenvalue weighted by Gasteiger charge is -2.39. The van der Waals surface area contributed by atoms with Crippen LogP contribution in [0, 0.1) is 5.82 Å². The molecule has 0 heterocycles. The SMILES string of the molecule is CCCCCCCCC(c1ccc(F)cc1)C(CC)(CC)OC. The molecule has 23 heavy (non-hydrogen) atoms. The first-order chi connectivity index (χ1) is 11.1. The quantitative estimate of drug-likeness (QED) is 0.382. The number of hydrogen-bond acceptors (Lipinski definition) is 1. The number of ether oxygens (including phenoxy) is 1. The molecule has 0 aliphatic heterocycles. The van der Waals surface area contributed by atoms with Crippen LogP contribution in [0.5, 0.6) is 0 Å². The van der Waals surface area contributed by atoms with Crippen LogP contribution in [0.3, 0.4) is 0 Å². The fourth-order valence-electron chi connectivity index (χ4n) is 3.73. The van der Waals surface area contributed by atoms with Crippen LogP contribution in [0.2, 0.25) is 0 Å². The molecule has 0 bridgehead atoms. The van der Waals surface area contributed by atoms with Crippen LogP contribution in [-0.4, -0.2) is 12.7 Å². The first-order valence-electron chi connectivity index (χ1n) is 9.44. The summed E-state index contributed by atoms with van der Waals surface area (Å²) in [7, 11) is 1.82. The Labute approximate surface area is 142 Å². The molecule has 2 heteroatoms. The number of benzene rings is 1. The van der Waals surface area contributed by atoms with Crippen LogP contribution in [0.15, 0.2) is 24.3 Å². The number of hydrogen-bond donors (Lipinski definition) is 0. The second kappa shape index (κ2) is 10.8. The van der Waals surface area contributed by atoms with Crippen molar-refractivity contribution < 1.29 is 9.13 Å². The van der Waals surface area contributed by atoms with Gasteiger partial charge in [-0.3, -0.25) is 0 Å². The lowest BCUT2D eigenvalue weighted by molar-refractivity contribution is -0.0425. The largest absolute Gasteiger partial charge is 0.378 e. The van der Waals surface area contributed by atoms with Gasteiger partial charge in [-0.2, -0.15) is 0 Å². The molecule has 0 fully saturated rings. The molecular weight excluding hydrogens is 287 g/mol. The maximum atomic E-state index is 13.3. The maximum absolute atomic E-state index is 13.3. The Morgan fingerprint density at radius 1 is 0.913 bits per heavy atom. The van der Waals surface area contributed by atoms with Gasteiger partial charge in [0, 0.05) is 13.0 Å². The summed E-state index contributed by atoms with van der Waals surface area (Å²) in [6.45, 7) is 6.65. The molecular formula is C21H35FO. The highest BCUT2D eigenvalue weighted by Gasteiger charge is 2.36. The monoisotopic (exact) mass is 322 g/mol. The Balaban J connectivity index is 2.78. The summed E-state index contributed by atoms with van der Waals surface area (Å²) in [6, 6.07) is 7.04. The van der Waals surface area contributed by atoms with E-state index in [2.05, 4.69) is 20.8 Å². The fourth-order valence-corrected chi connectivity index (χ4v) is 3.73. The van der Waals surface area contributed by atoms with Crippen LogP contribution >= 0.6 is 0 Å². The topological polar surface area (TPSA) is 9.23 Å². The van der Waals surface area contributed by atoms with E-state index in [-0.39, 0.29) is 11.4 Å². The predicted molar refractivity (Wildman–Crippen MR) is 97.5 cm³/mol. The van der Waals surface area contributed by atoms with Crippen LogP contribution in [0.1, 0.15) is 90.0 Å². The lowest BCUT2D eigenvalue weighted by Crippen LogP contribution is -2.37. The summed E-state index contributed by atoms with van der Waals surface area (Å²) in [5, 5.41) is 0. The molecule has 1 nitrogen and oxygen atoms in total. The highest BCUT2D eigenvalue weighted by Crippen LogP contribution is 2.40.